The molecule has 2 heterocycles. The molecule has 2 N–H and O–H groups in total. The van der Waals surface area contributed by atoms with E-state index in [9.17, 15) is 4.79 Å². The first-order valence-corrected chi connectivity index (χ1v) is 9.13. The lowest BCUT2D eigenvalue weighted by Crippen LogP contribution is -2.38. The van der Waals surface area contributed by atoms with Crippen molar-refractivity contribution in [1.82, 2.24) is 14.7 Å². The summed E-state index contributed by atoms with van der Waals surface area (Å²) >= 11 is 9.42. The fourth-order valence-corrected chi connectivity index (χ4v) is 3.22. The summed E-state index contributed by atoms with van der Waals surface area (Å²) in [5.41, 5.74) is 1.18. The first-order chi connectivity index (χ1) is 12.1. The summed E-state index contributed by atoms with van der Waals surface area (Å²) in [7, 11) is 0. The number of anilines is 2. The van der Waals surface area contributed by atoms with Crippen molar-refractivity contribution in [2.24, 2.45) is 0 Å². The Kier molecular flexibility index (Phi) is 6.30. The van der Waals surface area contributed by atoms with E-state index < -0.39 is 0 Å². The van der Waals surface area contributed by atoms with Crippen LogP contribution in [0, 0.1) is 0 Å². The van der Waals surface area contributed by atoms with Crippen molar-refractivity contribution < 1.29 is 9.53 Å². The Labute approximate surface area is 159 Å². The Morgan fingerprint density at radius 2 is 2.08 bits per heavy atom. The highest BCUT2D eigenvalue weighted by molar-refractivity contribution is 9.10. The number of amides is 2. The Morgan fingerprint density at radius 1 is 1.28 bits per heavy atom. The summed E-state index contributed by atoms with van der Waals surface area (Å²) in [4.78, 5) is 14.4. The molecule has 1 aliphatic heterocycles. The SMILES string of the molecule is O=C(Nc1cnn(CCN2CCOCC2)c1)Nc1ccc(Br)cc1Cl. The summed E-state index contributed by atoms with van der Waals surface area (Å²) in [5.74, 6) is 0. The maximum absolute atomic E-state index is 12.1. The van der Waals surface area contributed by atoms with Crippen LogP contribution in [0.15, 0.2) is 35.1 Å². The Hall–Kier alpha value is -1.61. The lowest BCUT2D eigenvalue weighted by Gasteiger charge is -2.26. The van der Waals surface area contributed by atoms with Crippen LogP contribution in [0.2, 0.25) is 5.02 Å². The minimum Gasteiger partial charge on any atom is -0.379 e. The molecule has 1 aromatic heterocycles. The minimum absolute atomic E-state index is 0.364. The molecule has 9 heteroatoms. The Bertz CT molecular complexity index is 733. The van der Waals surface area contributed by atoms with Crippen LogP contribution in [-0.4, -0.2) is 53.6 Å². The fourth-order valence-electron chi connectivity index (χ4n) is 2.49. The van der Waals surface area contributed by atoms with Crippen LogP contribution in [-0.2, 0) is 11.3 Å². The molecule has 7 nitrogen and oxygen atoms in total. The monoisotopic (exact) mass is 427 g/mol. The third-order valence-corrected chi connectivity index (χ3v) is 4.63. The zero-order valence-electron chi connectivity index (χ0n) is 13.5. The largest absolute Gasteiger partial charge is 0.379 e. The molecule has 134 valence electrons. The molecule has 3 rings (SSSR count). The molecule has 2 aromatic rings. The molecule has 0 atom stereocenters. The van der Waals surface area contributed by atoms with Crippen LogP contribution in [0.25, 0.3) is 0 Å². The van der Waals surface area contributed by atoms with E-state index in [1.807, 2.05) is 16.9 Å². The topological polar surface area (TPSA) is 71.4 Å². The number of nitrogens with zero attached hydrogens (tertiary/aromatic N) is 3. The maximum atomic E-state index is 12.1. The van der Waals surface area contributed by atoms with Gasteiger partial charge in [0.05, 0.1) is 42.4 Å². The molecule has 1 fully saturated rings. The van der Waals surface area contributed by atoms with Gasteiger partial charge in [-0.15, -0.1) is 0 Å². The van der Waals surface area contributed by atoms with Crippen LogP contribution in [0.4, 0.5) is 16.2 Å². The molecule has 1 aromatic carbocycles. The second kappa shape index (κ2) is 8.66. The number of nitrogens with one attached hydrogen (secondary N) is 2. The molecule has 0 spiro atoms. The van der Waals surface area contributed by atoms with Gasteiger partial charge in [-0.05, 0) is 18.2 Å². The summed E-state index contributed by atoms with van der Waals surface area (Å²) in [5, 5.41) is 10.2. The van der Waals surface area contributed by atoms with Crippen molar-refractivity contribution >= 4 is 44.9 Å². The zero-order chi connectivity index (χ0) is 17.6. The van der Waals surface area contributed by atoms with Gasteiger partial charge >= 0.3 is 6.03 Å². The predicted molar refractivity (Wildman–Crippen MR) is 101 cm³/mol. The van der Waals surface area contributed by atoms with Crippen LogP contribution < -0.4 is 10.6 Å². The Balaban J connectivity index is 1.49. The van der Waals surface area contributed by atoms with E-state index in [1.165, 1.54) is 0 Å². The quantitative estimate of drug-likeness (QED) is 0.767. The van der Waals surface area contributed by atoms with Crippen molar-refractivity contribution in [3.8, 4) is 0 Å². The predicted octanol–water partition coefficient (Wildman–Crippen LogP) is 3.28. The first kappa shape index (κ1) is 18.2. The van der Waals surface area contributed by atoms with E-state index in [0.29, 0.717) is 16.4 Å². The van der Waals surface area contributed by atoms with Gasteiger partial charge in [-0.25, -0.2) is 4.79 Å². The molecular formula is C16H19BrClN5O2. The Morgan fingerprint density at radius 3 is 2.84 bits per heavy atom. The standard InChI is InChI=1S/C16H19BrClN5O2/c17-12-1-2-15(14(18)9-12)21-16(24)20-13-10-19-23(11-13)4-3-22-5-7-25-8-6-22/h1-2,9-11H,3-8H2,(H2,20,21,24). The van der Waals surface area contributed by atoms with Gasteiger partial charge in [0, 0.05) is 30.3 Å². The summed E-state index contributed by atoms with van der Waals surface area (Å²) in [6, 6.07) is 4.90. The minimum atomic E-state index is -0.364. The highest BCUT2D eigenvalue weighted by Crippen LogP contribution is 2.25. The molecule has 1 saturated heterocycles. The highest BCUT2D eigenvalue weighted by atomic mass is 79.9. The van der Waals surface area contributed by atoms with Crippen LogP contribution in [0.5, 0.6) is 0 Å². The highest BCUT2D eigenvalue weighted by Gasteiger charge is 2.11. The van der Waals surface area contributed by atoms with Crippen molar-refractivity contribution in [3.63, 3.8) is 0 Å². The number of morpholine rings is 1. The molecule has 0 unspecified atom stereocenters. The summed E-state index contributed by atoms with van der Waals surface area (Å²) in [6.07, 6.45) is 3.44. The molecule has 0 saturated carbocycles. The maximum Gasteiger partial charge on any atom is 0.323 e. The van der Waals surface area contributed by atoms with Crippen LogP contribution >= 0.6 is 27.5 Å². The molecule has 2 amide bonds. The van der Waals surface area contributed by atoms with Gasteiger partial charge in [0.15, 0.2) is 0 Å². The van der Waals surface area contributed by atoms with E-state index >= 15 is 0 Å². The van der Waals surface area contributed by atoms with Gasteiger partial charge in [-0.1, -0.05) is 27.5 Å². The second-order valence-corrected chi connectivity index (χ2v) is 6.97. The van der Waals surface area contributed by atoms with Gasteiger partial charge < -0.3 is 15.4 Å². The average molecular weight is 429 g/mol. The summed E-state index contributed by atoms with van der Waals surface area (Å²) in [6.45, 7) is 5.13. The second-order valence-electron chi connectivity index (χ2n) is 5.65. The zero-order valence-corrected chi connectivity index (χ0v) is 15.9. The number of halogens is 2. The van der Waals surface area contributed by atoms with Gasteiger partial charge in [-0.2, -0.15) is 5.10 Å². The summed E-state index contributed by atoms with van der Waals surface area (Å²) < 4.78 is 8.00. The van der Waals surface area contributed by atoms with Gasteiger partial charge in [0.25, 0.3) is 0 Å². The number of ether oxygens (including phenoxy) is 1. The van der Waals surface area contributed by atoms with E-state index in [0.717, 1.165) is 43.9 Å². The average Bonchev–Trinajstić information content (AvgIpc) is 3.04. The van der Waals surface area contributed by atoms with E-state index in [4.69, 9.17) is 16.3 Å². The number of rotatable bonds is 5. The lowest BCUT2D eigenvalue weighted by atomic mass is 10.3. The third-order valence-electron chi connectivity index (χ3n) is 3.82. The van der Waals surface area contributed by atoms with Crippen molar-refractivity contribution in [3.05, 3.63) is 40.1 Å². The molecule has 0 bridgehead atoms. The number of carbonyl (C=O) groups excluding carboxylic acids is 1. The first-order valence-electron chi connectivity index (χ1n) is 7.96. The lowest BCUT2D eigenvalue weighted by molar-refractivity contribution is 0.0360. The van der Waals surface area contributed by atoms with Gasteiger partial charge in [0.1, 0.15) is 0 Å². The molecule has 1 aliphatic rings. The van der Waals surface area contributed by atoms with Crippen molar-refractivity contribution in [2.75, 3.05) is 43.5 Å². The normalized spacial score (nSPS) is 15.1. The van der Waals surface area contributed by atoms with Crippen molar-refractivity contribution in [2.45, 2.75) is 6.54 Å². The number of hydrogen-bond donors (Lipinski definition) is 2. The molecule has 25 heavy (non-hydrogen) atoms. The van der Waals surface area contributed by atoms with E-state index in [-0.39, 0.29) is 6.03 Å². The smallest absolute Gasteiger partial charge is 0.323 e. The number of hydrogen-bond acceptors (Lipinski definition) is 4. The fraction of sp³-hybridized carbons (Fsp3) is 0.375. The van der Waals surface area contributed by atoms with E-state index in [1.54, 1.807) is 18.3 Å². The third kappa shape index (κ3) is 5.43. The van der Waals surface area contributed by atoms with Crippen molar-refractivity contribution in [1.29, 1.82) is 0 Å². The number of benzene rings is 1. The molecule has 0 radical (unpaired) electrons. The van der Waals surface area contributed by atoms with Crippen LogP contribution in [0.3, 0.4) is 0 Å². The van der Waals surface area contributed by atoms with Crippen LogP contribution in [0.1, 0.15) is 0 Å². The van der Waals surface area contributed by atoms with E-state index in [2.05, 4.69) is 36.6 Å². The van der Waals surface area contributed by atoms with Gasteiger partial charge in [-0.3, -0.25) is 9.58 Å². The number of urea groups is 1. The molecule has 0 aliphatic carbocycles. The molecular weight excluding hydrogens is 410 g/mol. The number of aromatic nitrogens is 2. The number of carbonyl (C=O) groups is 1. The van der Waals surface area contributed by atoms with Gasteiger partial charge in [0.2, 0.25) is 0 Å².